The minimum Gasteiger partial charge on any atom is -0.493 e. The van der Waals surface area contributed by atoms with Gasteiger partial charge < -0.3 is 19.5 Å². The van der Waals surface area contributed by atoms with Gasteiger partial charge in [-0.15, -0.1) is 0 Å². The fraction of sp³-hybridized carbons (Fsp3) is 0.290. The first-order chi connectivity index (χ1) is 20.3. The van der Waals surface area contributed by atoms with Crippen molar-refractivity contribution in [2.24, 2.45) is 0 Å². The maximum absolute atomic E-state index is 13.6. The Balaban J connectivity index is 1.25. The van der Waals surface area contributed by atoms with Crippen LogP contribution in [-0.2, 0) is 10.9 Å². The summed E-state index contributed by atoms with van der Waals surface area (Å²) in [6, 6.07) is 13.8. The Morgan fingerprint density at radius 2 is 1.69 bits per heavy atom. The van der Waals surface area contributed by atoms with Crippen LogP contribution in [0.5, 0.6) is 11.5 Å². The highest BCUT2D eigenvalue weighted by atomic mass is 19.4. The number of hydrogen-bond donors (Lipinski definition) is 1. The summed E-state index contributed by atoms with van der Waals surface area (Å²) >= 11 is 0. The number of benzene rings is 3. The highest BCUT2D eigenvalue weighted by Crippen LogP contribution is 2.35. The number of morpholine rings is 1. The number of halogens is 4. The normalized spacial score (nSPS) is 14.4. The molecule has 1 N–H and O–H groups in total. The third-order valence-corrected chi connectivity index (χ3v) is 6.84. The first-order valence-electron chi connectivity index (χ1n) is 13.5. The summed E-state index contributed by atoms with van der Waals surface area (Å²) in [6.45, 7) is 4.89. The van der Waals surface area contributed by atoms with E-state index in [-0.39, 0.29) is 5.56 Å². The molecule has 1 fully saturated rings. The van der Waals surface area contributed by atoms with Crippen molar-refractivity contribution in [2.45, 2.75) is 12.6 Å². The minimum atomic E-state index is -4.76. The number of ether oxygens (including phenoxy) is 3. The Morgan fingerprint density at radius 3 is 2.43 bits per heavy atom. The highest BCUT2D eigenvalue weighted by molar-refractivity contribution is 5.93. The molecule has 7 nitrogen and oxygen atoms in total. The second-order valence-electron chi connectivity index (χ2n) is 9.72. The summed E-state index contributed by atoms with van der Waals surface area (Å²) in [4.78, 5) is 11.2. The number of hydrogen-bond acceptors (Lipinski definition) is 7. The van der Waals surface area contributed by atoms with Crippen molar-refractivity contribution in [2.75, 3.05) is 51.9 Å². The van der Waals surface area contributed by atoms with Crippen molar-refractivity contribution < 1.29 is 31.8 Å². The Labute approximate surface area is 240 Å². The number of aromatic nitrogens is 2. The van der Waals surface area contributed by atoms with Crippen LogP contribution < -0.4 is 14.8 Å². The van der Waals surface area contributed by atoms with Gasteiger partial charge in [0.05, 0.1) is 38.0 Å². The van der Waals surface area contributed by atoms with E-state index in [1.165, 1.54) is 18.5 Å². The lowest BCUT2D eigenvalue weighted by molar-refractivity contribution is -0.140. The van der Waals surface area contributed by atoms with Crippen LogP contribution in [0.3, 0.4) is 0 Å². The topological polar surface area (TPSA) is 68.7 Å². The zero-order valence-electron chi connectivity index (χ0n) is 23.0. The summed E-state index contributed by atoms with van der Waals surface area (Å²) in [5.74, 6) is 0.456. The maximum Gasteiger partial charge on any atom is 0.419 e. The van der Waals surface area contributed by atoms with Crippen LogP contribution in [0.1, 0.15) is 23.1 Å². The number of rotatable bonds is 10. The molecule has 4 aromatic rings. The fourth-order valence-corrected chi connectivity index (χ4v) is 4.60. The largest absolute Gasteiger partial charge is 0.493 e. The Kier molecular flexibility index (Phi) is 9.19. The molecule has 11 heteroatoms. The Bertz CT molecular complexity index is 1540. The summed E-state index contributed by atoms with van der Waals surface area (Å²) < 4.78 is 69.6. The maximum atomic E-state index is 13.6. The van der Waals surface area contributed by atoms with Crippen molar-refractivity contribution in [3.63, 3.8) is 0 Å². The third kappa shape index (κ3) is 7.34. The molecule has 1 aromatic heterocycles. The van der Waals surface area contributed by atoms with Crippen LogP contribution in [-0.4, -0.2) is 61.4 Å². The first kappa shape index (κ1) is 29.3. The van der Waals surface area contributed by atoms with Crippen LogP contribution in [0.25, 0.3) is 23.1 Å². The van der Waals surface area contributed by atoms with Gasteiger partial charge in [-0.05, 0) is 47.9 Å². The van der Waals surface area contributed by atoms with E-state index in [2.05, 4.69) is 20.2 Å². The van der Waals surface area contributed by atoms with E-state index in [9.17, 15) is 17.6 Å². The third-order valence-electron chi connectivity index (χ3n) is 6.84. The van der Waals surface area contributed by atoms with E-state index in [1.54, 1.807) is 25.3 Å². The average Bonchev–Trinajstić information content (AvgIpc) is 2.99. The zero-order valence-corrected chi connectivity index (χ0v) is 23.0. The number of fused-ring (bicyclic) bond motifs is 1. The highest BCUT2D eigenvalue weighted by Gasteiger charge is 2.34. The van der Waals surface area contributed by atoms with Gasteiger partial charge >= 0.3 is 6.18 Å². The summed E-state index contributed by atoms with van der Waals surface area (Å²) in [5, 5.41) is 4.03. The standard InChI is InChI=1S/C31H30F4N4O3/c1-40-28-18-24-27(19-29(28)42-14-2-11-39-12-15-41-16-13-39)36-20-37-30(24)38-23-8-5-21(6-9-23)3-4-22-7-10-26(32)25(17-22)31(33,34)35/h3-10,17-20H,2,11-16H2,1H3,(H,36,37,38)/b4-3+. The van der Waals surface area contributed by atoms with E-state index in [0.717, 1.165) is 68.0 Å². The molecule has 1 saturated heterocycles. The lowest BCUT2D eigenvalue weighted by Crippen LogP contribution is -2.37. The zero-order chi connectivity index (χ0) is 29.5. The van der Waals surface area contributed by atoms with Crippen molar-refractivity contribution in [1.29, 1.82) is 0 Å². The van der Waals surface area contributed by atoms with Gasteiger partial charge in [0, 0.05) is 36.8 Å². The van der Waals surface area contributed by atoms with Crippen molar-refractivity contribution in [1.82, 2.24) is 14.9 Å². The molecule has 0 amide bonds. The molecule has 0 radical (unpaired) electrons. The molecule has 0 spiro atoms. The van der Waals surface area contributed by atoms with Gasteiger partial charge in [0.2, 0.25) is 0 Å². The molecule has 42 heavy (non-hydrogen) atoms. The Hall–Kier alpha value is -4.22. The molecule has 2 heterocycles. The second kappa shape index (κ2) is 13.2. The first-order valence-corrected chi connectivity index (χ1v) is 13.5. The molecule has 0 aliphatic carbocycles. The molecular weight excluding hydrogens is 552 g/mol. The molecule has 220 valence electrons. The average molecular weight is 583 g/mol. The number of alkyl halides is 3. The molecule has 0 unspecified atom stereocenters. The quantitative estimate of drug-likeness (QED) is 0.125. The summed E-state index contributed by atoms with van der Waals surface area (Å²) in [7, 11) is 1.58. The van der Waals surface area contributed by atoms with Crippen LogP contribution >= 0.6 is 0 Å². The molecular formula is C31H30F4N4O3. The van der Waals surface area contributed by atoms with Gasteiger partial charge in [0.15, 0.2) is 11.5 Å². The lowest BCUT2D eigenvalue weighted by Gasteiger charge is -2.26. The van der Waals surface area contributed by atoms with Gasteiger partial charge in [0.1, 0.15) is 18.0 Å². The van der Waals surface area contributed by atoms with Crippen LogP contribution in [0.4, 0.5) is 29.1 Å². The number of nitrogens with zero attached hydrogens (tertiary/aromatic N) is 3. The summed E-state index contributed by atoms with van der Waals surface area (Å²) in [6.07, 6.45) is 0.748. The van der Waals surface area contributed by atoms with Gasteiger partial charge in [-0.3, -0.25) is 4.90 Å². The lowest BCUT2D eigenvalue weighted by atomic mass is 10.1. The van der Waals surface area contributed by atoms with Crippen molar-refractivity contribution in [3.8, 4) is 11.5 Å². The van der Waals surface area contributed by atoms with Gasteiger partial charge in [-0.2, -0.15) is 13.2 Å². The van der Waals surface area contributed by atoms with E-state index in [4.69, 9.17) is 14.2 Å². The summed E-state index contributed by atoms with van der Waals surface area (Å²) in [5.41, 5.74) is 1.14. The minimum absolute atomic E-state index is 0.243. The van der Waals surface area contributed by atoms with E-state index in [0.29, 0.717) is 29.4 Å². The molecule has 0 saturated carbocycles. The monoisotopic (exact) mass is 582 g/mol. The fourth-order valence-electron chi connectivity index (χ4n) is 4.60. The predicted molar refractivity (Wildman–Crippen MR) is 154 cm³/mol. The predicted octanol–water partition coefficient (Wildman–Crippen LogP) is 6.81. The van der Waals surface area contributed by atoms with Gasteiger partial charge in [-0.1, -0.05) is 30.4 Å². The molecule has 3 aromatic carbocycles. The molecule has 1 aliphatic heterocycles. The number of methoxy groups -OCH3 is 1. The van der Waals surface area contributed by atoms with Crippen LogP contribution in [0.2, 0.25) is 0 Å². The van der Waals surface area contributed by atoms with Crippen LogP contribution in [0.15, 0.2) is 60.9 Å². The number of nitrogens with one attached hydrogen (secondary N) is 1. The molecule has 5 rings (SSSR count). The molecule has 1 aliphatic rings. The molecule has 0 atom stereocenters. The molecule has 0 bridgehead atoms. The smallest absolute Gasteiger partial charge is 0.419 e. The van der Waals surface area contributed by atoms with Crippen molar-refractivity contribution >= 4 is 34.6 Å². The Morgan fingerprint density at radius 1 is 0.952 bits per heavy atom. The second-order valence-corrected chi connectivity index (χ2v) is 9.72. The van der Waals surface area contributed by atoms with Gasteiger partial charge in [0.25, 0.3) is 0 Å². The van der Waals surface area contributed by atoms with E-state index >= 15 is 0 Å². The van der Waals surface area contributed by atoms with Crippen molar-refractivity contribution in [3.05, 3.63) is 83.4 Å². The van der Waals surface area contributed by atoms with E-state index in [1.807, 2.05) is 24.3 Å². The van der Waals surface area contributed by atoms with Crippen LogP contribution in [0, 0.1) is 5.82 Å². The SMILES string of the molecule is COc1cc2c(Nc3ccc(/C=C/c4ccc(F)c(C(F)(F)F)c4)cc3)ncnc2cc1OCCCN1CCOCC1. The van der Waals surface area contributed by atoms with Gasteiger partial charge in [-0.25, -0.2) is 14.4 Å². The van der Waals surface area contributed by atoms with E-state index < -0.39 is 17.6 Å². The number of anilines is 2.